The molecule has 0 aliphatic carbocycles. The summed E-state index contributed by atoms with van der Waals surface area (Å²) in [6.07, 6.45) is 0. The third-order valence-electron chi connectivity index (χ3n) is 13.1. The van der Waals surface area contributed by atoms with Crippen LogP contribution in [0.1, 0.15) is 0 Å². The van der Waals surface area contributed by atoms with Crippen LogP contribution in [0.4, 0.5) is 0 Å². The van der Waals surface area contributed by atoms with E-state index in [4.69, 9.17) is 15.0 Å². The predicted octanol–water partition coefficient (Wildman–Crippen LogP) is 17.0. The van der Waals surface area contributed by atoms with Gasteiger partial charge in [0.1, 0.15) is 0 Å². The van der Waals surface area contributed by atoms with Crippen molar-refractivity contribution < 1.29 is 0 Å². The van der Waals surface area contributed by atoms with Crippen molar-refractivity contribution in [1.29, 1.82) is 0 Å². The largest absolute Gasteiger partial charge is 0.308 e. The van der Waals surface area contributed by atoms with Crippen LogP contribution in [0.15, 0.2) is 243 Å². The van der Waals surface area contributed by atoms with Gasteiger partial charge in [0.2, 0.25) is 0 Å². The minimum atomic E-state index is 0.632. The highest BCUT2D eigenvalue weighted by molar-refractivity contribution is 7.27. The molecule has 0 unspecified atom stereocenters. The Balaban J connectivity index is 0.959. The third-order valence-corrected chi connectivity index (χ3v) is 14.4. The molecule has 4 nitrogen and oxygen atoms in total. The lowest BCUT2D eigenvalue weighted by Gasteiger charge is -2.11. The Kier molecular flexibility index (Phi) is 9.66. The summed E-state index contributed by atoms with van der Waals surface area (Å²) in [5, 5.41) is 4.84. The van der Waals surface area contributed by atoms with E-state index in [9.17, 15) is 0 Å². The standard InChI is InChI=1S/C63H40N4S/c1-4-14-41(15-5-1)44-26-30-47(31-27-44)61-64-62(48-32-28-45(29-33-48)42-16-6-2-7-17-42)66-63(65-61)56-24-13-23-54-55-39-38-53-52-22-10-11-25-57(52)67(58(53)60(55)68-59(54)56)51-36-34-46(35-37-51)50-21-12-20-49(40-50)43-18-8-3-9-19-43/h1-40H. The minimum absolute atomic E-state index is 0.632. The summed E-state index contributed by atoms with van der Waals surface area (Å²) in [6.45, 7) is 0. The van der Waals surface area contributed by atoms with Crippen LogP contribution in [0.25, 0.3) is 126 Å². The van der Waals surface area contributed by atoms with Gasteiger partial charge in [0, 0.05) is 48.6 Å². The lowest BCUT2D eigenvalue weighted by atomic mass is 9.99. The molecule has 10 aromatic carbocycles. The van der Waals surface area contributed by atoms with Gasteiger partial charge in [0.25, 0.3) is 0 Å². The molecule has 318 valence electrons. The first-order valence-corrected chi connectivity index (χ1v) is 23.7. The van der Waals surface area contributed by atoms with Crippen molar-refractivity contribution in [2.75, 3.05) is 0 Å². The molecule has 13 aromatic rings. The summed E-state index contributed by atoms with van der Waals surface area (Å²) in [5.74, 6) is 1.91. The number of aromatic nitrogens is 4. The second kappa shape index (κ2) is 16.6. The number of nitrogens with zero attached hydrogens (tertiary/aromatic N) is 4. The maximum atomic E-state index is 5.28. The van der Waals surface area contributed by atoms with Gasteiger partial charge in [-0.1, -0.05) is 212 Å². The normalized spacial score (nSPS) is 11.5. The highest BCUT2D eigenvalue weighted by Gasteiger charge is 2.21. The Morgan fingerprint density at radius 2 is 0.691 bits per heavy atom. The average molecular weight is 885 g/mol. The van der Waals surface area contributed by atoms with E-state index in [1.54, 1.807) is 0 Å². The van der Waals surface area contributed by atoms with Crippen molar-refractivity contribution in [3.05, 3.63) is 243 Å². The monoisotopic (exact) mass is 884 g/mol. The molecular weight excluding hydrogens is 845 g/mol. The van der Waals surface area contributed by atoms with Gasteiger partial charge in [-0.3, -0.25) is 0 Å². The predicted molar refractivity (Wildman–Crippen MR) is 285 cm³/mol. The van der Waals surface area contributed by atoms with Crippen LogP contribution in [0, 0.1) is 0 Å². The van der Waals surface area contributed by atoms with Gasteiger partial charge < -0.3 is 4.57 Å². The van der Waals surface area contributed by atoms with Crippen molar-refractivity contribution in [2.45, 2.75) is 0 Å². The van der Waals surface area contributed by atoms with Crippen molar-refractivity contribution in [1.82, 2.24) is 19.5 Å². The summed E-state index contributed by atoms with van der Waals surface area (Å²) in [5.41, 5.74) is 15.7. The van der Waals surface area contributed by atoms with Crippen LogP contribution >= 0.6 is 11.3 Å². The second-order valence-corrected chi connectivity index (χ2v) is 18.2. The molecule has 0 atom stereocenters. The molecule has 0 aliphatic heterocycles. The summed E-state index contributed by atoms with van der Waals surface area (Å²) in [7, 11) is 0. The van der Waals surface area contributed by atoms with Crippen LogP contribution < -0.4 is 0 Å². The fourth-order valence-electron chi connectivity index (χ4n) is 9.70. The number of hydrogen-bond donors (Lipinski definition) is 0. The maximum Gasteiger partial charge on any atom is 0.165 e. The molecule has 0 aliphatic rings. The SMILES string of the molecule is c1ccc(-c2ccc(-c3nc(-c4ccc(-c5ccccc5)cc4)nc(-c4cccc5c4sc4c5ccc5c6ccccc6n(-c6ccc(-c7cccc(-c8ccccc8)c7)cc6)c54)n3)cc2)cc1. The molecule has 68 heavy (non-hydrogen) atoms. The number of rotatable bonds is 8. The molecule has 0 fully saturated rings. The van der Waals surface area contributed by atoms with Gasteiger partial charge in [-0.05, 0) is 74.8 Å². The summed E-state index contributed by atoms with van der Waals surface area (Å²) in [6, 6.07) is 86.3. The van der Waals surface area contributed by atoms with Crippen molar-refractivity contribution in [3.8, 4) is 84.4 Å². The average Bonchev–Trinajstić information content (AvgIpc) is 3.98. The molecule has 13 rings (SSSR count). The molecule has 0 N–H and O–H groups in total. The van der Waals surface area contributed by atoms with Gasteiger partial charge in [0.15, 0.2) is 17.5 Å². The van der Waals surface area contributed by atoms with Gasteiger partial charge in [-0.25, -0.2) is 15.0 Å². The van der Waals surface area contributed by atoms with E-state index in [0.29, 0.717) is 17.5 Å². The fourth-order valence-corrected chi connectivity index (χ4v) is 11.0. The maximum absolute atomic E-state index is 5.28. The molecular formula is C63H40N4S. The smallest absolute Gasteiger partial charge is 0.165 e. The zero-order valence-corrected chi connectivity index (χ0v) is 37.6. The first-order chi connectivity index (χ1) is 33.7. The van der Waals surface area contributed by atoms with Gasteiger partial charge in [0.05, 0.1) is 15.7 Å². The van der Waals surface area contributed by atoms with Crippen LogP contribution in [0.2, 0.25) is 0 Å². The number of para-hydroxylation sites is 1. The van der Waals surface area contributed by atoms with Crippen molar-refractivity contribution in [3.63, 3.8) is 0 Å². The van der Waals surface area contributed by atoms with Crippen molar-refractivity contribution >= 4 is 53.3 Å². The first kappa shape index (κ1) is 39.6. The zero-order chi connectivity index (χ0) is 45.0. The Hall–Kier alpha value is -8.77. The molecule has 0 amide bonds. The van der Waals surface area contributed by atoms with Crippen molar-refractivity contribution in [2.24, 2.45) is 0 Å². The minimum Gasteiger partial charge on any atom is -0.308 e. The van der Waals surface area contributed by atoms with E-state index < -0.39 is 0 Å². The van der Waals surface area contributed by atoms with Gasteiger partial charge in [-0.2, -0.15) is 0 Å². The Morgan fingerprint density at radius 1 is 0.279 bits per heavy atom. The molecule has 0 radical (unpaired) electrons. The van der Waals surface area contributed by atoms with Gasteiger partial charge >= 0.3 is 0 Å². The van der Waals surface area contributed by atoms with E-state index in [1.165, 1.54) is 70.7 Å². The molecule has 3 heterocycles. The topological polar surface area (TPSA) is 43.6 Å². The quantitative estimate of drug-likeness (QED) is 0.153. The number of fused-ring (bicyclic) bond motifs is 7. The Labute approximate surface area is 397 Å². The first-order valence-electron chi connectivity index (χ1n) is 22.9. The number of thiophene rings is 1. The number of hydrogen-bond acceptors (Lipinski definition) is 4. The highest BCUT2D eigenvalue weighted by atomic mass is 32.1. The number of benzene rings is 10. The van der Waals surface area contributed by atoms with Crippen LogP contribution in [-0.4, -0.2) is 19.5 Å². The van der Waals surface area contributed by atoms with E-state index in [1.807, 2.05) is 23.5 Å². The van der Waals surface area contributed by atoms with Gasteiger partial charge in [-0.15, -0.1) is 11.3 Å². The van der Waals surface area contributed by atoms with Crippen LogP contribution in [0.3, 0.4) is 0 Å². The molecule has 3 aromatic heterocycles. The van der Waals surface area contributed by atoms with E-state index >= 15 is 0 Å². The van der Waals surface area contributed by atoms with E-state index in [-0.39, 0.29) is 0 Å². The molecule has 0 bridgehead atoms. The van der Waals surface area contributed by atoms with E-state index in [0.717, 1.165) is 38.2 Å². The summed E-state index contributed by atoms with van der Waals surface area (Å²) < 4.78 is 4.81. The summed E-state index contributed by atoms with van der Waals surface area (Å²) in [4.78, 5) is 15.7. The Bertz CT molecular complexity index is 3870. The van der Waals surface area contributed by atoms with Crippen LogP contribution in [-0.2, 0) is 0 Å². The fraction of sp³-hybridized carbons (Fsp3) is 0. The van der Waals surface area contributed by atoms with Crippen LogP contribution in [0.5, 0.6) is 0 Å². The lowest BCUT2D eigenvalue weighted by molar-refractivity contribution is 1.08. The second-order valence-electron chi connectivity index (χ2n) is 17.2. The third kappa shape index (κ3) is 6.96. The van der Waals surface area contributed by atoms with E-state index in [2.05, 4.69) is 235 Å². The molecule has 0 saturated heterocycles. The summed E-state index contributed by atoms with van der Waals surface area (Å²) >= 11 is 1.82. The highest BCUT2D eigenvalue weighted by Crippen LogP contribution is 2.46. The zero-order valence-electron chi connectivity index (χ0n) is 36.8. The Morgan fingerprint density at radius 3 is 1.29 bits per heavy atom. The molecule has 0 saturated carbocycles. The molecule has 0 spiro atoms. The lowest BCUT2D eigenvalue weighted by Crippen LogP contribution is -2.00. The molecule has 5 heteroatoms.